The van der Waals surface area contributed by atoms with Crippen LogP contribution >= 0.6 is 11.6 Å². The average Bonchev–Trinajstić information content (AvgIpc) is 3.27. The molecule has 1 aromatic carbocycles. The molecule has 1 amide bonds. The Morgan fingerprint density at radius 1 is 1.44 bits per heavy atom. The number of rotatable bonds is 7. The van der Waals surface area contributed by atoms with E-state index in [1.807, 2.05) is 19.1 Å². The molecule has 0 bridgehead atoms. The Morgan fingerprint density at radius 3 is 2.93 bits per heavy atom. The number of carboxylic acid groups (broad SMARTS) is 1. The highest BCUT2D eigenvalue weighted by atomic mass is 35.5. The van der Waals surface area contributed by atoms with Crippen LogP contribution in [-0.4, -0.2) is 57.5 Å². The van der Waals surface area contributed by atoms with Crippen molar-refractivity contribution in [3.05, 3.63) is 46.7 Å². The summed E-state index contributed by atoms with van der Waals surface area (Å²) in [5.41, 5.74) is 1.88. The zero-order valence-corrected chi connectivity index (χ0v) is 15.9. The Labute approximate surface area is 162 Å². The van der Waals surface area contributed by atoms with Gasteiger partial charge in [0.1, 0.15) is 0 Å². The minimum absolute atomic E-state index is 0.0500. The van der Waals surface area contributed by atoms with Crippen molar-refractivity contribution in [1.82, 2.24) is 14.7 Å². The topological polar surface area (TPSA) is 84.7 Å². The summed E-state index contributed by atoms with van der Waals surface area (Å²) in [6.07, 6.45) is 3.18. The van der Waals surface area contributed by atoms with Gasteiger partial charge in [0.2, 0.25) is 0 Å². The highest BCUT2D eigenvalue weighted by molar-refractivity contribution is 6.30. The number of carbonyl (C=O) groups is 2. The van der Waals surface area contributed by atoms with Gasteiger partial charge in [-0.15, -0.1) is 0 Å². The largest absolute Gasteiger partial charge is 0.481 e. The van der Waals surface area contributed by atoms with Crippen LogP contribution in [0.2, 0.25) is 5.02 Å². The molecular formula is C19H22ClN3O4. The molecule has 27 heavy (non-hydrogen) atoms. The second-order valence-electron chi connectivity index (χ2n) is 6.57. The maximum absolute atomic E-state index is 13.1. The molecule has 1 fully saturated rings. The van der Waals surface area contributed by atoms with Gasteiger partial charge in [-0.25, -0.2) is 4.68 Å². The summed E-state index contributed by atoms with van der Waals surface area (Å²) in [7, 11) is 0. The van der Waals surface area contributed by atoms with Crippen molar-refractivity contribution in [1.29, 1.82) is 0 Å². The number of aliphatic carboxylic acids is 1. The monoisotopic (exact) mass is 391 g/mol. The fraction of sp³-hybridized carbons (Fsp3) is 0.421. The lowest BCUT2D eigenvalue weighted by Crippen LogP contribution is -2.39. The summed E-state index contributed by atoms with van der Waals surface area (Å²) in [6, 6.07) is 7.21. The van der Waals surface area contributed by atoms with Crippen LogP contribution in [0.1, 0.15) is 35.3 Å². The zero-order chi connectivity index (χ0) is 19.4. The van der Waals surface area contributed by atoms with Crippen molar-refractivity contribution >= 4 is 23.5 Å². The van der Waals surface area contributed by atoms with Gasteiger partial charge < -0.3 is 14.7 Å². The number of benzene rings is 1. The van der Waals surface area contributed by atoms with E-state index in [0.29, 0.717) is 29.4 Å². The predicted molar refractivity (Wildman–Crippen MR) is 100 cm³/mol. The quantitative estimate of drug-likeness (QED) is 0.784. The second-order valence-corrected chi connectivity index (χ2v) is 7.00. The van der Waals surface area contributed by atoms with Crippen molar-refractivity contribution in [3.63, 3.8) is 0 Å². The van der Waals surface area contributed by atoms with Gasteiger partial charge in [-0.1, -0.05) is 17.7 Å². The molecule has 1 N–H and O–H groups in total. The molecule has 1 aliphatic rings. The molecule has 0 aliphatic carbocycles. The lowest BCUT2D eigenvalue weighted by atomic mass is 10.1. The first-order valence-electron chi connectivity index (χ1n) is 8.89. The van der Waals surface area contributed by atoms with Gasteiger partial charge in [0.25, 0.3) is 5.91 Å². The Kier molecular flexibility index (Phi) is 6.13. The first-order chi connectivity index (χ1) is 13.0. The van der Waals surface area contributed by atoms with Crippen molar-refractivity contribution in [3.8, 4) is 5.69 Å². The second kappa shape index (κ2) is 8.54. The fourth-order valence-corrected chi connectivity index (χ4v) is 3.38. The third-order valence-corrected chi connectivity index (χ3v) is 4.86. The Morgan fingerprint density at radius 2 is 2.26 bits per heavy atom. The van der Waals surface area contributed by atoms with E-state index in [1.54, 1.807) is 21.7 Å². The van der Waals surface area contributed by atoms with E-state index in [0.717, 1.165) is 18.5 Å². The molecule has 7 nitrogen and oxygen atoms in total. The number of amides is 1. The van der Waals surface area contributed by atoms with Gasteiger partial charge in [0.15, 0.2) is 0 Å². The molecule has 2 heterocycles. The number of aromatic nitrogens is 2. The summed E-state index contributed by atoms with van der Waals surface area (Å²) in [4.78, 5) is 25.6. The number of carboxylic acids is 1. The highest BCUT2D eigenvalue weighted by Crippen LogP contribution is 2.20. The van der Waals surface area contributed by atoms with Crippen molar-refractivity contribution in [2.24, 2.45) is 0 Å². The smallest absolute Gasteiger partial charge is 0.305 e. The molecule has 0 radical (unpaired) electrons. The fourth-order valence-electron chi connectivity index (χ4n) is 3.20. The summed E-state index contributed by atoms with van der Waals surface area (Å²) in [5.74, 6) is -1.18. The number of hydrogen-bond donors (Lipinski definition) is 1. The maximum Gasteiger partial charge on any atom is 0.305 e. The third kappa shape index (κ3) is 4.67. The van der Waals surface area contributed by atoms with Crippen LogP contribution < -0.4 is 0 Å². The van der Waals surface area contributed by atoms with E-state index in [1.165, 1.54) is 6.20 Å². The molecule has 1 saturated heterocycles. The highest BCUT2D eigenvalue weighted by Gasteiger charge is 2.26. The van der Waals surface area contributed by atoms with Gasteiger partial charge in [0, 0.05) is 24.7 Å². The van der Waals surface area contributed by atoms with Gasteiger partial charge >= 0.3 is 5.97 Å². The van der Waals surface area contributed by atoms with Crippen molar-refractivity contribution in [2.45, 2.75) is 32.3 Å². The maximum atomic E-state index is 13.1. The SMILES string of the molecule is Cc1c(C(=O)N(CCC(=O)O)C[C@@H]2CCCO2)cnn1-c1cccc(Cl)c1. The average molecular weight is 392 g/mol. The van der Waals surface area contributed by atoms with Crippen molar-refractivity contribution < 1.29 is 19.4 Å². The minimum Gasteiger partial charge on any atom is -0.481 e. The van der Waals surface area contributed by atoms with E-state index >= 15 is 0 Å². The molecule has 1 atom stereocenters. The molecular weight excluding hydrogens is 370 g/mol. The van der Waals surface area contributed by atoms with E-state index in [4.69, 9.17) is 21.4 Å². The first-order valence-corrected chi connectivity index (χ1v) is 9.26. The summed E-state index contributed by atoms with van der Waals surface area (Å²) in [6.45, 7) is 3.00. The van der Waals surface area contributed by atoms with Crippen LogP contribution in [0.15, 0.2) is 30.5 Å². The van der Waals surface area contributed by atoms with Crippen LogP contribution in [0, 0.1) is 6.92 Å². The molecule has 0 spiro atoms. The third-order valence-electron chi connectivity index (χ3n) is 4.62. The first kappa shape index (κ1) is 19.4. The summed E-state index contributed by atoms with van der Waals surface area (Å²) < 4.78 is 7.27. The summed E-state index contributed by atoms with van der Waals surface area (Å²) in [5, 5.41) is 13.9. The van der Waals surface area contributed by atoms with Crippen LogP contribution in [0.5, 0.6) is 0 Å². The number of ether oxygens (including phenoxy) is 1. The van der Waals surface area contributed by atoms with E-state index in [-0.39, 0.29) is 25.0 Å². The molecule has 0 unspecified atom stereocenters. The van der Waals surface area contributed by atoms with E-state index in [2.05, 4.69) is 5.10 Å². The molecule has 0 saturated carbocycles. The zero-order valence-electron chi connectivity index (χ0n) is 15.1. The number of carbonyl (C=O) groups excluding carboxylic acids is 1. The standard InChI is InChI=1S/C19H22ClN3O4/c1-13-17(11-21-23(13)15-5-2-4-14(20)10-15)19(26)22(8-7-18(24)25)12-16-6-3-9-27-16/h2,4-5,10-11,16H,3,6-9,12H2,1H3,(H,24,25)/t16-/m0/s1. The Hall–Kier alpha value is -2.38. The van der Waals surface area contributed by atoms with E-state index < -0.39 is 5.97 Å². The molecule has 2 aromatic rings. The predicted octanol–water partition coefficient (Wildman–Crippen LogP) is 2.93. The summed E-state index contributed by atoms with van der Waals surface area (Å²) >= 11 is 6.05. The molecule has 1 aromatic heterocycles. The van der Waals surface area contributed by atoms with Crippen LogP contribution in [-0.2, 0) is 9.53 Å². The number of halogens is 1. The Balaban J connectivity index is 1.83. The minimum atomic E-state index is -0.938. The van der Waals surface area contributed by atoms with Crippen LogP contribution in [0.4, 0.5) is 0 Å². The van der Waals surface area contributed by atoms with Crippen LogP contribution in [0.3, 0.4) is 0 Å². The van der Waals surface area contributed by atoms with Gasteiger partial charge in [-0.3, -0.25) is 9.59 Å². The van der Waals surface area contributed by atoms with Gasteiger partial charge in [-0.2, -0.15) is 5.10 Å². The normalized spacial score (nSPS) is 16.4. The van der Waals surface area contributed by atoms with Crippen molar-refractivity contribution in [2.75, 3.05) is 19.7 Å². The van der Waals surface area contributed by atoms with Gasteiger partial charge in [-0.05, 0) is 38.0 Å². The number of hydrogen-bond acceptors (Lipinski definition) is 4. The van der Waals surface area contributed by atoms with Crippen LogP contribution in [0.25, 0.3) is 5.69 Å². The Bertz CT molecular complexity index is 830. The molecule has 8 heteroatoms. The molecule has 3 rings (SSSR count). The van der Waals surface area contributed by atoms with E-state index in [9.17, 15) is 9.59 Å². The lowest BCUT2D eigenvalue weighted by Gasteiger charge is -2.25. The molecule has 144 valence electrons. The number of nitrogens with zero attached hydrogens (tertiary/aromatic N) is 3. The lowest BCUT2D eigenvalue weighted by molar-refractivity contribution is -0.137. The van der Waals surface area contributed by atoms with Gasteiger partial charge in [0.05, 0.1) is 35.7 Å². The molecule has 1 aliphatic heterocycles.